The van der Waals surface area contributed by atoms with Gasteiger partial charge in [-0.05, 0) is 18.8 Å². The highest BCUT2D eigenvalue weighted by atomic mass is 16.5. The Labute approximate surface area is 117 Å². The Morgan fingerprint density at radius 2 is 2.35 bits per heavy atom. The summed E-state index contributed by atoms with van der Waals surface area (Å²) >= 11 is 0. The summed E-state index contributed by atoms with van der Waals surface area (Å²) in [7, 11) is 1.32. The molecule has 1 fully saturated rings. The number of amides is 1. The number of nitrogens with two attached hydrogens (primary N) is 1. The Hall–Kier alpha value is -1.89. The third-order valence-electron chi connectivity index (χ3n) is 3.59. The van der Waals surface area contributed by atoms with Gasteiger partial charge in [0.15, 0.2) is 5.82 Å². The lowest BCUT2D eigenvalue weighted by molar-refractivity contribution is -0.141. The summed E-state index contributed by atoms with van der Waals surface area (Å²) in [6.45, 7) is 0.0276. The average Bonchev–Trinajstić information content (AvgIpc) is 3.00. The molecule has 0 spiro atoms. The monoisotopic (exact) mass is 280 g/mol. The third kappa shape index (κ3) is 3.80. The van der Waals surface area contributed by atoms with Crippen LogP contribution in [0.5, 0.6) is 0 Å². The van der Waals surface area contributed by atoms with Gasteiger partial charge in [-0.2, -0.15) is 5.10 Å². The molecule has 3 N–H and O–H groups in total. The second kappa shape index (κ2) is 6.51. The summed E-state index contributed by atoms with van der Waals surface area (Å²) in [6, 6.07) is 1.77. The van der Waals surface area contributed by atoms with Gasteiger partial charge in [-0.25, -0.2) is 0 Å². The Morgan fingerprint density at radius 1 is 1.55 bits per heavy atom. The van der Waals surface area contributed by atoms with Crippen LogP contribution in [0.15, 0.2) is 12.3 Å². The minimum Gasteiger partial charge on any atom is -0.468 e. The van der Waals surface area contributed by atoms with Gasteiger partial charge in [-0.1, -0.05) is 6.42 Å². The van der Waals surface area contributed by atoms with Gasteiger partial charge in [0.05, 0.1) is 7.11 Å². The van der Waals surface area contributed by atoms with Gasteiger partial charge in [0.1, 0.15) is 6.54 Å². The topological polar surface area (TPSA) is 99.2 Å². The number of nitrogens with zero attached hydrogens (tertiary/aromatic N) is 2. The van der Waals surface area contributed by atoms with Crippen molar-refractivity contribution < 1.29 is 14.3 Å². The van der Waals surface area contributed by atoms with E-state index in [-0.39, 0.29) is 30.4 Å². The van der Waals surface area contributed by atoms with Gasteiger partial charge in [0, 0.05) is 24.7 Å². The second-order valence-electron chi connectivity index (χ2n) is 5.08. The number of carbonyl (C=O) groups excluding carboxylic acids is 2. The van der Waals surface area contributed by atoms with Crippen LogP contribution in [0.2, 0.25) is 0 Å². The predicted molar refractivity (Wildman–Crippen MR) is 72.8 cm³/mol. The van der Waals surface area contributed by atoms with E-state index < -0.39 is 0 Å². The van der Waals surface area contributed by atoms with E-state index in [9.17, 15) is 9.59 Å². The Kier molecular flexibility index (Phi) is 4.73. The third-order valence-corrected chi connectivity index (χ3v) is 3.59. The molecule has 110 valence electrons. The largest absolute Gasteiger partial charge is 0.468 e. The van der Waals surface area contributed by atoms with Gasteiger partial charge in [-0.3, -0.25) is 14.3 Å². The van der Waals surface area contributed by atoms with Crippen molar-refractivity contribution in [2.45, 2.75) is 38.3 Å². The minimum absolute atomic E-state index is 0.0276. The lowest BCUT2D eigenvalue weighted by Gasteiger charge is -2.13. The zero-order chi connectivity index (χ0) is 14.5. The predicted octanol–water partition coefficient (Wildman–Crippen LogP) is 0.512. The molecule has 20 heavy (non-hydrogen) atoms. The van der Waals surface area contributed by atoms with E-state index in [1.807, 2.05) is 0 Å². The van der Waals surface area contributed by atoms with Crippen LogP contribution in [0.25, 0.3) is 0 Å². The molecule has 1 heterocycles. The molecule has 1 aromatic heterocycles. The van der Waals surface area contributed by atoms with Crippen LogP contribution < -0.4 is 11.1 Å². The zero-order valence-electron chi connectivity index (χ0n) is 11.5. The number of anilines is 1. The summed E-state index contributed by atoms with van der Waals surface area (Å²) in [5.74, 6) is 0.219. The first-order chi connectivity index (χ1) is 9.58. The summed E-state index contributed by atoms with van der Waals surface area (Å²) < 4.78 is 5.96. The fourth-order valence-corrected chi connectivity index (χ4v) is 2.46. The summed E-state index contributed by atoms with van der Waals surface area (Å²) in [5, 5.41) is 6.81. The Bertz CT molecular complexity index is 486. The standard InChI is InChI=1S/C13H20N4O3/c1-20-13(19)8-17-6-5-11(16-17)15-12(18)7-9-3-2-4-10(9)14/h5-6,9-10H,2-4,7-8,14H2,1H3,(H,15,16,18)/t9-,10+/m0/s1. The number of aromatic nitrogens is 2. The quantitative estimate of drug-likeness (QED) is 0.766. The first kappa shape index (κ1) is 14.5. The lowest BCUT2D eigenvalue weighted by atomic mass is 10.00. The fourth-order valence-electron chi connectivity index (χ4n) is 2.46. The molecule has 0 aliphatic heterocycles. The van der Waals surface area contributed by atoms with Gasteiger partial charge in [0.25, 0.3) is 0 Å². The van der Waals surface area contributed by atoms with Crippen molar-refractivity contribution in [2.75, 3.05) is 12.4 Å². The van der Waals surface area contributed by atoms with Crippen molar-refractivity contribution in [3.05, 3.63) is 12.3 Å². The molecule has 7 nitrogen and oxygen atoms in total. The first-order valence-corrected chi connectivity index (χ1v) is 6.74. The van der Waals surface area contributed by atoms with Gasteiger partial charge >= 0.3 is 5.97 Å². The maximum absolute atomic E-state index is 11.9. The van der Waals surface area contributed by atoms with E-state index in [1.165, 1.54) is 11.8 Å². The van der Waals surface area contributed by atoms with E-state index in [1.54, 1.807) is 12.3 Å². The Morgan fingerprint density at radius 3 is 3.00 bits per heavy atom. The molecule has 0 bridgehead atoms. The normalized spacial score (nSPS) is 21.7. The molecule has 0 unspecified atom stereocenters. The van der Waals surface area contributed by atoms with Crippen LogP contribution >= 0.6 is 0 Å². The fraction of sp³-hybridized carbons (Fsp3) is 0.615. The van der Waals surface area contributed by atoms with E-state index in [0.717, 1.165) is 19.3 Å². The van der Waals surface area contributed by atoms with Crippen molar-refractivity contribution in [1.82, 2.24) is 9.78 Å². The van der Waals surface area contributed by atoms with E-state index in [2.05, 4.69) is 15.2 Å². The number of ether oxygens (including phenoxy) is 1. The van der Waals surface area contributed by atoms with Crippen LogP contribution in [0.1, 0.15) is 25.7 Å². The smallest absolute Gasteiger partial charge is 0.327 e. The van der Waals surface area contributed by atoms with E-state index in [0.29, 0.717) is 12.2 Å². The minimum atomic E-state index is -0.386. The Balaban J connectivity index is 1.83. The number of hydrogen-bond donors (Lipinski definition) is 2. The van der Waals surface area contributed by atoms with E-state index in [4.69, 9.17) is 5.73 Å². The number of carbonyl (C=O) groups is 2. The van der Waals surface area contributed by atoms with Crippen LogP contribution in [-0.4, -0.2) is 34.8 Å². The van der Waals surface area contributed by atoms with Crippen molar-refractivity contribution in [1.29, 1.82) is 0 Å². The second-order valence-corrected chi connectivity index (χ2v) is 5.08. The number of hydrogen-bond acceptors (Lipinski definition) is 5. The van der Waals surface area contributed by atoms with Crippen LogP contribution in [0, 0.1) is 5.92 Å². The van der Waals surface area contributed by atoms with Crippen molar-refractivity contribution in [3.8, 4) is 0 Å². The molecule has 1 amide bonds. The molecule has 1 saturated carbocycles. The highest BCUT2D eigenvalue weighted by molar-refractivity contribution is 5.89. The maximum atomic E-state index is 11.9. The molecule has 0 radical (unpaired) electrons. The van der Waals surface area contributed by atoms with Crippen LogP contribution in [0.3, 0.4) is 0 Å². The molecule has 2 atom stereocenters. The number of rotatable bonds is 5. The average molecular weight is 280 g/mol. The molecule has 0 aromatic carbocycles. The highest BCUT2D eigenvalue weighted by Crippen LogP contribution is 2.26. The molecule has 1 aliphatic carbocycles. The van der Waals surface area contributed by atoms with Gasteiger partial charge in [0.2, 0.25) is 5.91 Å². The zero-order valence-corrected chi connectivity index (χ0v) is 11.5. The summed E-state index contributed by atoms with van der Waals surface area (Å²) in [4.78, 5) is 23.0. The molecular formula is C13H20N4O3. The molecular weight excluding hydrogens is 260 g/mol. The first-order valence-electron chi connectivity index (χ1n) is 6.74. The van der Waals surface area contributed by atoms with Crippen LogP contribution in [-0.2, 0) is 20.9 Å². The molecule has 1 aliphatic rings. The SMILES string of the molecule is COC(=O)Cn1ccc(NC(=O)C[C@@H]2CCC[C@H]2N)n1. The van der Waals surface area contributed by atoms with Crippen molar-refractivity contribution in [3.63, 3.8) is 0 Å². The van der Waals surface area contributed by atoms with Crippen molar-refractivity contribution in [2.24, 2.45) is 11.7 Å². The summed E-state index contributed by atoms with van der Waals surface area (Å²) in [5.41, 5.74) is 5.94. The molecule has 0 saturated heterocycles. The van der Waals surface area contributed by atoms with Gasteiger partial charge < -0.3 is 15.8 Å². The number of esters is 1. The maximum Gasteiger partial charge on any atom is 0.327 e. The molecule has 1 aromatic rings. The number of methoxy groups -OCH3 is 1. The molecule has 7 heteroatoms. The van der Waals surface area contributed by atoms with E-state index >= 15 is 0 Å². The van der Waals surface area contributed by atoms with Crippen molar-refractivity contribution >= 4 is 17.7 Å². The number of nitrogens with one attached hydrogen (secondary N) is 1. The lowest BCUT2D eigenvalue weighted by Crippen LogP contribution is -2.28. The van der Waals surface area contributed by atoms with Crippen LogP contribution in [0.4, 0.5) is 5.82 Å². The van der Waals surface area contributed by atoms with Gasteiger partial charge in [-0.15, -0.1) is 0 Å². The highest BCUT2D eigenvalue weighted by Gasteiger charge is 2.26. The molecule has 2 rings (SSSR count). The summed E-state index contributed by atoms with van der Waals surface area (Å²) in [6.07, 6.45) is 5.13.